The largest absolute Gasteiger partial charge is 0.507 e. The number of carbonyl (C=O) groups excluding carboxylic acids is 2. The van der Waals surface area contributed by atoms with Gasteiger partial charge in [-0.25, -0.2) is 4.79 Å². The molecule has 0 atom stereocenters. The van der Waals surface area contributed by atoms with Crippen LogP contribution >= 0.6 is 11.9 Å². The first-order chi connectivity index (χ1) is 11.4. The van der Waals surface area contributed by atoms with Crippen LogP contribution in [0, 0.1) is 6.92 Å². The van der Waals surface area contributed by atoms with E-state index in [-0.39, 0.29) is 24.3 Å². The van der Waals surface area contributed by atoms with Crippen LogP contribution in [0.15, 0.2) is 11.6 Å². The molecule has 7 heteroatoms. The first-order valence-electron chi connectivity index (χ1n) is 7.46. The van der Waals surface area contributed by atoms with Crippen molar-refractivity contribution in [3.05, 3.63) is 33.9 Å². The van der Waals surface area contributed by atoms with Crippen molar-refractivity contribution < 1.29 is 28.5 Å². The average molecular weight is 355 g/mol. The zero-order valence-corrected chi connectivity index (χ0v) is 14.5. The standard InChI is InChI=1S/C17H19ClO6/c1-9(5-7-13(19)24-18)4-6-11-15(20)14-12(8-23-17(14)21)10(2)16(11)22-3/h4,20H,5-8H2,1-3H3/b9-4+. The number of fused-ring (bicyclic) bond motifs is 1. The van der Waals surface area contributed by atoms with Gasteiger partial charge in [0.25, 0.3) is 0 Å². The maximum atomic E-state index is 11.8. The van der Waals surface area contributed by atoms with Crippen molar-refractivity contribution in [2.75, 3.05) is 7.11 Å². The van der Waals surface area contributed by atoms with E-state index in [0.29, 0.717) is 29.7 Å². The number of benzene rings is 1. The summed E-state index contributed by atoms with van der Waals surface area (Å²) in [5, 5.41) is 10.5. The molecule has 1 aromatic carbocycles. The van der Waals surface area contributed by atoms with Gasteiger partial charge in [-0.3, -0.25) is 4.79 Å². The number of phenolic OH excluding ortho intramolecular Hbond substituents is 1. The number of allylic oxidation sites excluding steroid dienone is 2. The lowest BCUT2D eigenvalue weighted by Gasteiger charge is -2.15. The van der Waals surface area contributed by atoms with Crippen molar-refractivity contribution in [2.45, 2.75) is 39.7 Å². The van der Waals surface area contributed by atoms with Crippen molar-refractivity contribution in [3.8, 4) is 11.5 Å². The third-order valence-corrected chi connectivity index (χ3v) is 4.28. The van der Waals surface area contributed by atoms with Gasteiger partial charge in [-0.2, -0.15) is 0 Å². The summed E-state index contributed by atoms with van der Waals surface area (Å²) < 4.78 is 14.5. The Labute approximate surface area is 145 Å². The van der Waals surface area contributed by atoms with Gasteiger partial charge in [-0.05, 0) is 32.3 Å². The van der Waals surface area contributed by atoms with Crippen LogP contribution < -0.4 is 4.74 Å². The quantitative estimate of drug-likeness (QED) is 0.623. The molecule has 0 radical (unpaired) electrons. The van der Waals surface area contributed by atoms with Crippen molar-refractivity contribution in [2.24, 2.45) is 0 Å². The molecule has 0 unspecified atom stereocenters. The third-order valence-electron chi connectivity index (χ3n) is 4.11. The summed E-state index contributed by atoms with van der Waals surface area (Å²) in [5.41, 5.74) is 3.10. The molecule has 6 nitrogen and oxygen atoms in total. The van der Waals surface area contributed by atoms with Crippen LogP contribution in [-0.2, 0) is 26.8 Å². The van der Waals surface area contributed by atoms with Crippen molar-refractivity contribution in [1.82, 2.24) is 0 Å². The molecule has 0 fully saturated rings. The molecule has 130 valence electrons. The zero-order chi connectivity index (χ0) is 17.9. The number of cyclic esters (lactones) is 1. The highest BCUT2D eigenvalue weighted by molar-refractivity contribution is 6.13. The zero-order valence-electron chi connectivity index (χ0n) is 13.8. The van der Waals surface area contributed by atoms with E-state index in [1.54, 1.807) is 0 Å². The number of hydrogen-bond donors (Lipinski definition) is 1. The number of halogens is 1. The molecule has 0 amide bonds. The van der Waals surface area contributed by atoms with Crippen LogP contribution in [0.3, 0.4) is 0 Å². The Kier molecular flexibility index (Phi) is 5.72. The molecule has 1 heterocycles. The van der Waals surface area contributed by atoms with Crippen molar-refractivity contribution in [1.29, 1.82) is 0 Å². The summed E-state index contributed by atoms with van der Waals surface area (Å²) in [4.78, 5) is 22.9. The van der Waals surface area contributed by atoms with Gasteiger partial charge in [-0.15, -0.1) is 0 Å². The Hall–Kier alpha value is -2.21. The van der Waals surface area contributed by atoms with Gasteiger partial charge in [-0.1, -0.05) is 11.6 Å². The molecule has 1 aliphatic rings. The summed E-state index contributed by atoms with van der Waals surface area (Å²) in [6.45, 7) is 3.83. The van der Waals surface area contributed by atoms with Crippen molar-refractivity contribution in [3.63, 3.8) is 0 Å². The van der Waals surface area contributed by atoms with Crippen LogP contribution in [0.5, 0.6) is 11.5 Å². The lowest BCUT2D eigenvalue weighted by atomic mass is 9.94. The molecule has 2 rings (SSSR count). The normalized spacial score (nSPS) is 13.5. The molecule has 0 aliphatic carbocycles. The fourth-order valence-corrected chi connectivity index (χ4v) is 2.82. The Morgan fingerprint density at radius 1 is 1.42 bits per heavy atom. The van der Waals surface area contributed by atoms with E-state index in [0.717, 1.165) is 11.1 Å². The predicted molar refractivity (Wildman–Crippen MR) is 87.2 cm³/mol. The summed E-state index contributed by atoms with van der Waals surface area (Å²) >= 11 is 4.99. The molecule has 0 bridgehead atoms. The number of carbonyl (C=O) groups is 2. The van der Waals surface area contributed by atoms with E-state index in [1.165, 1.54) is 7.11 Å². The molecule has 0 saturated heterocycles. The minimum absolute atomic E-state index is 0.112. The van der Waals surface area contributed by atoms with Gasteiger partial charge in [0, 0.05) is 11.1 Å². The van der Waals surface area contributed by atoms with E-state index < -0.39 is 11.9 Å². The fourth-order valence-electron chi connectivity index (χ4n) is 2.74. The van der Waals surface area contributed by atoms with Crippen LogP contribution in [-0.4, -0.2) is 24.2 Å². The molecule has 24 heavy (non-hydrogen) atoms. The van der Waals surface area contributed by atoms with Gasteiger partial charge >= 0.3 is 11.9 Å². The number of phenols is 1. The molecule has 1 aromatic rings. The Morgan fingerprint density at radius 2 is 2.12 bits per heavy atom. The average Bonchev–Trinajstić information content (AvgIpc) is 2.96. The van der Waals surface area contributed by atoms with E-state index >= 15 is 0 Å². The molecule has 0 aromatic heterocycles. The van der Waals surface area contributed by atoms with Crippen LogP contribution in [0.1, 0.15) is 46.8 Å². The SMILES string of the molecule is COc1c(C)c2c(c(O)c1C/C=C(\C)CCC(=O)OCl)C(=O)OC2. The minimum atomic E-state index is -0.528. The van der Waals surface area contributed by atoms with Gasteiger partial charge in [0.05, 0.1) is 13.5 Å². The highest BCUT2D eigenvalue weighted by Gasteiger charge is 2.31. The fraction of sp³-hybridized carbons (Fsp3) is 0.412. The highest BCUT2D eigenvalue weighted by atomic mass is 35.5. The van der Waals surface area contributed by atoms with Gasteiger partial charge < -0.3 is 18.9 Å². The summed E-state index contributed by atoms with van der Waals surface area (Å²) in [5.74, 6) is -0.603. The summed E-state index contributed by atoms with van der Waals surface area (Å²) in [7, 11) is 1.52. The second kappa shape index (κ2) is 7.57. The summed E-state index contributed by atoms with van der Waals surface area (Å²) in [6.07, 6.45) is 2.88. The lowest BCUT2D eigenvalue weighted by Crippen LogP contribution is -2.03. The first kappa shape index (κ1) is 18.1. The Bertz CT molecular complexity index is 708. The molecule has 1 N–H and O–H groups in total. The van der Waals surface area contributed by atoms with Gasteiger partial charge in [0.15, 0.2) is 0 Å². The Balaban J connectivity index is 2.30. The highest BCUT2D eigenvalue weighted by Crippen LogP contribution is 2.42. The predicted octanol–water partition coefficient (Wildman–Crippen LogP) is 3.35. The molecular weight excluding hydrogens is 336 g/mol. The van der Waals surface area contributed by atoms with Crippen LogP contribution in [0.4, 0.5) is 0 Å². The first-order valence-corrected chi connectivity index (χ1v) is 7.77. The molecule has 0 spiro atoms. The smallest absolute Gasteiger partial charge is 0.342 e. The van der Waals surface area contributed by atoms with E-state index in [4.69, 9.17) is 21.3 Å². The van der Waals surface area contributed by atoms with Crippen LogP contribution in [0.2, 0.25) is 0 Å². The van der Waals surface area contributed by atoms with Gasteiger partial charge in [0.2, 0.25) is 0 Å². The second-order valence-electron chi connectivity index (χ2n) is 5.62. The maximum absolute atomic E-state index is 11.8. The summed E-state index contributed by atoms with van der Waals surface area (Å²) in [6, 6.07) is 0. The van der Waals surface area contributed by atoms with E-state index in [9.17, 15) is 14.7 Å². The van der Waals surface area contributed by atoms with Crippen molar-refractivity contribution >= 4 is 23.8 Å². The number of hydrogen-bond acceptors (Lipinski definition) is 6. The number of methoxy groups -OCH3 is 1. The van der Waals surface area contributed by atoms with Gasteiger partial charge in [0.1, 0.15) is 35.5 Å². The topological polar surface area (TPSA) is 82.1 Å². The molecule has 1 aliphatic heterocycles. The number of aromatic hydroxyl groups is 1. The third kappa shape index (κ3) is 3.48. The van der Waals surface area contributed by atoms with Crippen LogP contribution in [0.25, 0.3) is 0 Å². The maximum Gasteiger partial charge on any atom is 0.342 e. The van der Waals surface area contributed by atoms with E-state index in [2.05, 4.69) is 4.29 Å². The monoisotopic (exact) mass is 354 g/mol. The number of esters is 1. The number of ether oxygens (including phenoxy) is 2. The minimum Gasteiger partial charge on any atom is -0.507 e. The lowest BCUT2D eigenvalue weighted by molar-refractivity contribution is -0.133. The number of rotatable bonds is 6. The molecular formula is C17H19ClO6. The molecule has 0 saturated carbocycles. The second-order valence-corrected chi connectivity index (χ2v) is 5.77. The Morgan fingerprint density at radius 3 is 2.75 bits per heavy atom. The van der Waals surface area contributed by atoms with E-state index in [1.807, 2.05) is 19.9 Å².